The summed E-state index contributed by atoms with van der Waals surface area (Å²) in [5.41, 5.74) is -0.922. The van der Waals surface area contributed by atoms with Gasteiger partial charge in [0.15, 0.2) is 0 Å². The van der Waals surface area contributed by atoms with Gasteiger partial charge in [0.2, 0.25) is 5.88 Å². The summed E-state index contributed by atoms with van der Waals surface area (Å²) < 4.78 is 42.7. The van der Waals surface area contributed by atoms with E-state index in [1.54, 1.807) is 6.26 Å². The SMILES string of the molecule is CSc1ccc(C(F)(F)F)nc1OCC(C)C. The Morgan fingerprint density at radius 2 is 2.00 bits per heavy atom. The quantitative estimate of drug-likeness (QED) is 0.772. The largest absolute Gasteiger partial charge is 0.477 e. The first-order chi connectivity index (χ1) is 7.84. The minimum atomic E-state index is -4.44. The van der Waals surface area contributed by atoms with Crippen molar-refractivity contribution in [3.05, 3.63) is 17.8 Å². The van der Waals surface area contributed by atoms with E-state index in [0.29, 0.717) is 11.5 Å². The third-order valence-electron chi connectivity index (χ3n) is 1.89. The van der Waals surface area contributed by atoms with Crippen molar-refractivity contribution in [2.75, 3.05) is 12.9 Å². The van der Waals surface area contributed by atoms with Gasteiger partial charge in [0, 0.05) is 0 Å². The molecule has 0 aliphatic carbocycles. The zero-order valence-electron chi connectivity index (χ0n) is 9.84. The van der Waals surface area contributed by atoms with Crippen molar-refractivity contribution in [3.8, 4) is 5.88 Å². The smallest absolute Gasteiger partial charge is 0.433 e. The third kappa shape index (κ3) is 4.11. The number of alkyl halides is 3. The van der Waals surface area contributed by atoms with Crippen molar-refractivity contribution in [2.24, 2.45) is 5.92 Å². The summed E-state index contributed by atoms with van der Waals surface area (Å²) in [4.78, 5) is 4.13. The molecule has 0 radical (unpaired) electrons. The molecule has 0 saturated carbocycles. The number of nitrogens with zero attached hydrogens (tertiary/aromatic N) is 1. The summed E-state index contributed by atoms with van der Waals surface area (Å²) >= 11 is 1.31. The lowest BCUT2D eigenvalue weighted by Crippen LogP contribution is -2.11. The molecule has 0 unspecified atom stereocenters. The van der Waals surface area contributed by atoms with E-state index < -0.39 is 11.9 Å². The van der Waals surface area contributed by atoms with Crippen molar-refractivity contribution in [1.82, 2.24) is 4.98 Å². The highest BCUT2D eigenvalue weighted by atomic mass is 32.2. The van der Waals surface area contributed by atoms with Crippen LogP contribution in [-0.2, 0) is 6.18 Å². The second-order valence-corrected chi connectivity index (χ2v) is 4.75. The molecule has 0 aliphatic heterocycles. The molecule has 1 aromatic heterocycles. The predicted octanol–water partition coefficient (Wildman–Crippen LogP) is 3.86. The fourth-order valence-corrected chi connectivity index (χ4v) is 1.57. The van der Waals surface area contributed by atoms with Crippen LogP contribution in [0.2, 0.25) is 0 Å². The van der Waals surface area contributed by atoms with Crippen LogP contribution in [0.4, 0.5) is 13.2 Å². The zero-order valence-corrected chi connectivity index (χ0v) is 10.7. The van der Waals surface area contributed by atoms with E-state index in [2.05, 4.69) is 4.98 Å². The Balaban J connectivity index is 2.98. The van der Waals surface area contributed by atoms with Crippen LogP contribution in [0.1, 0.15) is 19.5 Å². The summed E-state index contributed by atoms with van der Waals surface area (Å²) in [5, 5.41) is 0. The van der Waals surface area contributed by atoms with Crippen molar-refractivity contribution >= 4 is 11.8 Å². The Hall–Kier alpha value is -0.910. The maximum Gasteiger partial charge on any atom is 0.433 e. The van der Waals surface area contributed by atoms with Crippen LogP contribution in [0.15, 0.2) is 17.0 Å². The molecule has 0 aromatic carbocycles. The second kappa shape index (κ2) is 5.62. The van der Waals surface area contributed by atoms with Gasteiger partial charge in [0.25, 0.3) is 0 Å². The number of halogens is 3. The maximum absolute atomic E-state index is 12.5. The topological polar surface area (TPSA) is 22.1 Å². The molecule has 0 spiro atoms. The Bertz CT molecular complexity index is 379. The van der Waals surface area contributed by atoms with Crippen LogP contribution < -0.4 is 4.74 Å². The molecule has 0 atom stereocenters. The molecule has 2 nitrogen and oxygen atoms in total. The molecule has 0 amide bonds. The number of ether oxygens (including phenoxy) is 1. The van der Waals surface area contributed by atoms with Crippen LogP contribution in [0.3, 0.4) is 0 Å². The van der Waals surface area contributed by atoms with Gasteiger partial charge in [-0.2, -0.15) is 13.2 Å². The van der Waals surface area contributed by atoms with E-state index in [4.69, 9.17) is 4.74 Å². The summed E-state index contributed by atoms with van der Waals surface area (Å²) in [6, 6.07) is 2.35. The van der Waals surface area contributed by atoms with Crippen LogP contribution in [0, 0.1) is 5.92 Å². The number of hydrogen-bond donors (Lipinski definition) is 0. The normalized spacial score (nSPS) is 11.9. The van der Waals surface area contributed by atoms with Gasteiger partial charge in [-0.05, 0) is 24.3 Å². The van der Waals surface area contributed by atoms with Crippen molar-refractivity contribution < 1.29 is 17.9 Å². The van der Waals surface area contributed by atoms with Crippen molar-refractivity contribution in [1.29, 1.82) is 0 Å². The molecule has 96 valence electrons. The molecule has 1 aromatic rings. The average molecular weight is 265 g/mol. The van der Waals surface area contributed by atoms with Gasteiger partial charge in [-0.3, -0.25) is 0 Å². The zero-order chi connectivity index (χ0) is 13.1. The highest BCUT2D eigenvalue weighted by Gasteiger charge is 2.33. The monoisotopic (exact) mass is 265 g/mol. The standard InChI is InChI=1S/C11H14F3NOS/c1-7(2)6-16-10-8(17-3)4-5-9(15-10)11(12,13)14/h4-5,7H,6H2,1-3H3. The highest BCUT2D eigenvalue weighted by Crippen LogP contribution is 2.33. The first-order valence-electron chi connectivity index (χ1n) is 5.09. The Morgan fingerprint density at radius 3 is 2.47 bits per heavy atom. The molecule has 0 saturated heterocycles. The molecule has 0 bridgehead atoms. The maximum atomic E-state index is 12.5. The fourth-order valence-electron chi connectivity index (χ4n) is 1.09. The molecule has 17 heavy (non-hydrogen) atoms. The van der Waals surface area contributed by atoms with Gasteiger partial charge >= 0.3 is 6.18 Å². The lowest BCUT2D eigenvalue weighted by Gasteiger charge is -2.13. The predicted molar refractivity (Wildman–Crippen MR) is 61.4 cm³/mol. The molecular formula is C11H14F3NOS. The van der Waals surface area contributed by atoms with E-state index in [-0.39, 0.29) is 11.8 Å². The molecule has 6 heteroatoms. The van der Waals surface area contributed by atoms with Crippen LogP contribution in [0.25, 0.3) is 0 Å². The Morgan fingerprint density at radius 1 is 1.35 bits per heavy atom. The van der Waals surface area contributed by atoms with Crippen molar-refractivity contribution in [2.45, 2.75) is 24.9 Å². The summed E-state index contributed by atoms with van der Waals surface area (Å²) in [5.74, 6) is 0.294. The van der Waals surface area contributed by atoms with Gasteiger partial charge in [0.05, 0.1) is 11.5 Å². The molecule has 1 heterocycles. The molecule has 0 aliphatic rings. The first-order valence-corrected chi connectivity index (χ1v) is 6.32. The number of hydrogen-bond acceptors (Lipinski definition) is 3. The third-order valence-corrected chi connectivity index (χ3v) is 2.64. The number of rotatable bonds is 4. The summed E-state index contributed by atoms with van der Waals surface area (Å²) in [6.07, 6.45) is -2.67. The van der Waals surface area contributed by atoms with Gasteiger partial charge in [0.1, 0.15) is 5.69 Å². The van der Waals surface area contributed by atoms with Gasteiger partial charge in [-0.1, -0.05) is 13.8 Å². The van der Waals surface area contributed by atoms with Crippen molar-refractivity contribution in [3.63, 3.8) is 0 Å². The first kappa shape index (κ1) is 14.2. The van der Waals surface area contributed by atoms with Crippen LogP contribution in [0.5, 0.6) is 5.88 Å². The molecule has 0 fully saturated rings. The molecule has 1 rings (SSSR count). The van der Waals surface area contributed by atoms with Crippen LogP contribution in [-0.4, -0.2) is 17.8 Å². The fraction of sp³-hybridized carbons (Fsp3) is 0.545. The van der Waals surface area contributed by atoms with E-state index >= 15 is 0 Å². The second-order valence-electron chi connectivity index (χ2n) is 3.91. The Labute approximate surface area is 103 Å². The number of aromatic nitrogens is 1. The molecular weight excluding hydrogens is 251 g/mol. The lowest BCUT2D eigenvalue weighted by atomic mass is 10.2. The van der Waals surface area contributed by atoms with Gasteiger partial charge in [-0.25, -0.2) is 4.98 Å². The summed E-state index contributed by atoms with van der Waals surface area (Å²) in [6.45, 7) is 4.20. The summed E-state index contributed by atoms with van der Waals surface area (Å²) in [7, 11) is 0. The van der Waals surface area contributed by atoms with Crippen LogP contribution >= 0.6 is 11.8 Å². The van der Waals surface area contributed by atoms with E-state index in [1.165, 1.54) is 17.8 Å². The average Bonchev–Trinajstić information content (AvgIpc) is 2.24. The Kier molecular flexibility index (Phi) is 4.68. The van der Waals surface area contributed by atoms with Gasteiger partial charge < -0.3 is 4.74 Å². The highest BCUT2D eigenvalue weighted by molar-refractivity contribution is 7.98. The molecule has 0 N–H and O–H groups in total. The lowest BCUT2D eigenvalue weighted by molar-refractivity contribution is -0.141. The van der Waals surface area contributed by atoms with E-state index in [9.17, 15) is 13.2 Å². The number of thioether (sulfide) groups is 1. The van der Waals surface area contributed by atoms with E-state index in [1.807, 2.05) is 13.8 Å². The van der Waals surface area contributed by atoms with E-state index in [0.717, 1.165) is 6.07 Å². The minimum absolute atomic E-state index is 0.0565. The number of pyridine rings is 1. The minimum Gasteiger partial charge on any atom is -0.477 e. The van der Waals surface area contributed by atoms with Gasteiger partial charge in [-0.15, -0.1) is 11.8 Å².